The first-order valence-electron chi connectivity index (χ1n) is 7.55. The van der Waals surface area contributed by atoms with Gasteiger partial charge in [0.25, 0.3) is 0 Å². The van der Waals surface area contributed by atoms with E-state index in [0.29, 0.717) is 12.0 Å². The Balaban J connectivity index is 0.000000247. The number of hydrogen-bond acceptors (Lipinski definition) is 4. The summed E-state index contributed by atoms with van der Waals surface area (Å²) in [5.41, 5.74) is 1.10. The molecule has 2 aliphatic rings. The first-order chi connectivity index (χ1) is 9.65. The van der Waals surface area contributed by atoms with Gasteiger partial charge in [0.05, 0.1) is 0 Å². The molecule has 112 valence electrons. The number of rotatable bonds is 3. The molecule has 2 saturated heterocycles. The zero-order valence-corrected chi connectivity index (χ0v) is 12.8. The molecular formula is C16H26N2O2. The summed E-state index contributed by atoms with van der Waals surface area (Å²) in [6, 6.07) is 5.99. The summed E-state index contributed by atoms with van der Waals surface area (Å²) >= 11 is 0. The van der Waals surface area contributed by atoms with Crippen LogP contribution in [0.2, 0.25) is 0 Å². The lowest BCUT2D eigenvalue weighted by molar-refractivity contribution is 0.0354. The molecule has 0 aromatic carbocycles. The summed E-state index contributed by atoms with van der Waals surface area (Å²) in [4.78, 5) is 6.71. The molecular weight excluding hydrogens is 252 g/mol. The summed E-state index contributed by atoms with van der Waals surface area (Å²) in [5, 5.41) is 0. The first kappa shape index (κ1) is 15.3. The molecule has 1 aromatic rings. The highest BCUT2D eigenvalue weighted by Gasteiger charge is 2.25. The molecule has 0 saturated carbocycles. The molecule has 2 fully saturated rings. The zero-order chi connectivity index (χ0) is 14.4. The van der Waals surface area contributed by atoms with Crippen molar-refractivity contribution in [1.82, 2.24) is 9.88 Å². The van der Waals surface area contributed by atoms with Crippen molar-refractivity contribution in [2.45, 2.75) is 38.7 Å². The van der Waals surface area contributed by atoms with E-state index in [-0.39, 0.29) is 0 Å². The maximum atomic E-state index is 5.76. The lowest BCUT2D eigenvalue weighted by Crippen LogP contribution is -2.51. The van der Waals surface area contributed by atoms with Crippen LogP contribution in [0.3, 0.4) is 0 Å². The topological polar surface area (TPSA) is 34.6 Å². The molecule has 3 heterocycles. The van der Waals surface area contributed by atoms with E-state index in [1.54, 1.807) is 0 Å². The van der Waals surface area contributed by atoms with Crippen molar-refractivity contribution in [3.63, 3.8) is 0 Å². The number of likely N-dealkylation sites (N-methyl/N-ethyl adjacent to an activating group) is 1. The molecule has 1 aromatic heterocycles. The van der Waals surface area contributed by atoms with Crippen molar-refractivity contribution in [2.75, 3.05) is 33.4 Å². The number of nitrogens with zero attached hydrogens (tertiary/aromatic N) is 2. The Hall–Kier alpha value is -1.13. The standard InChI is InChI=1S/C12H18N2O.C4H8O/c1-9(2)11-5-4-6-12(13-11)15-10-7-14(3)8-10;1-2-4-5-3-1/h4-6,9-10H,7-8H2,1-3H3;1-4H2. The number of ether oxygens (including phenoxy) is 2. The molecule has 3 rings (SSSR count). The Bertz CT molecular complexity index is 392. The van der Waals surface area contributed by atoms with Crippen LogP contribution in [-0.4, -0.2) is 49.3 Å². The van der Waals surface area contributed by atoms with Crippen LogP contribution in [0, 0.1) is 0 Å². The molecule has 0 bridgehead atoms. The van der Waals surface area contributed by atoms with E-state index in [9.17, 15) is 0 Å². The zero-order valence-electron chi connectivity index (χ0n) is 12.8. The first-order valence-corrected chi connectivity index (χ1v) is 7.55. The second-order valence-corrected chi connectivity index (χ2v) is 5.84. The second-order valence-electron chi connectivity index (χ2n) is 5.84. The van der Waals surface area contributed by atoms with Crippen LogP contribution in [-0.2, 0) is 4.74 Å². The normalized spacial score (nSPS) is 19.4. The Morgan fingerprint density at radius 2 is 1.95 bits per heavy atom. The van der Waals surface area contributed by atoms with E-state index < -0.39 is 0 Å². The van der Waals surface area contributed by atoms with Crippen LogP contribution in [0.15, 0.2) is 18.2 Å². The molecule has 20 heavy (non-hydrogen) atoms. The molecule has 0 amide bonds. The van der Waals surface area contributed by atoms with E-state index in [0.717, 1.165) is 37.9 Å². The minimum absolute atomic E-state index is 0.324. The Kier molecular flexibility index (Phi) is 5.80. The van der Waals surface area contributed by atoms with Gasteiger partial charge in [-0.15, -0.1) is 0 Å². The van der Waals surface area contributed by atoms with E-state index in [4.69, 9.17) is 9.47 Å². The van der Waals surface area contributed by atoms with Crippen molar-refractivity contribution in [3.05, 3.63) is 23.9 Å². The van der Waals surface area contributed by atoms with E-state index >= 15 is 0 Å². The minimum atomic E-state index is 0.324. The Morgan fingerprint density at radius 3 is 2.45 bits per heavy atom. The summed E-state index contributed by atoms with van der Waals surface area (Å²) in [6.45, 7) is 8.30. The number of hydrogen-bond donors (Lipinski definition) is 0. The van der Waals surface area contributed by atoms with Gasteiger partial charge < -0.3 is 9.47 Å². The van der Waals surface area contributed by atoms with Crippen molar-refractivity contribution >= 4 is 0 Å². The van der Waals surface area contributed by atoms with Crippen LogP contribution in [0.5, 0.6) is 5.88 Å². The lowest BCUT2D eigenvalue weighted by Gasteiger charge is -2.35. The molecule has 4 heteroatoms. The maximum Gasteiger partial charge on any atom is 0.213 e. The fourth-order valence-corrected chi connectivity index (χ4v) is 2.22. The van der Waals surface area contributed by atoms with E-state index in [2.05, 4.69) is 30.8 Å². The van der Waals surface area contributed by atoms with Crippen LogP contribution in [0.4, 0.5) is 0 Å². The fraction of sp³-hybridized carbons (Fsp3) is 0.688. The van der Waals surface area contributed by atoms with Crippen LogP contribution < -0.4 is 4.74 Å². The number of aromatic nitrogens is 1. The van der Waals surface area contributed by atoms with Gasteiger partial charge in [-0.1, -0.05) is 19.9 Å². The van der Waals surface area contributed by atoms with Gasteiger partial charge in [-0.05, 0) is 31.9 Å². The third-order valence-corrected chi connectivity index (χ3v) is 3.48. The van der Waals surface area contributed by atoms with Gasteiger partial charge in [0.2, 0.25) is 5.88 Å². The van der Waals surface area contributed by atoms with Gasteiger partial charge >= 0.3 is 0 Å². The van der Waals surface area contributed by atoms with Gasteiger partial charge in [0.1, 0.15) is 6.10 Å². The van der Waals surface area contributed by atoms with Crippen molar-refractivity contribution in [3.8, 4) is 5.88 Å². The van der Waals surface area contributed by atoms with Crippen LogP contribution in [0.25, 0.3) is 0 Å². The van der Waals surface area contributed by atoms with Gasteiger partial charge in [-0.3, -0.25) is 4.90 Å². The molecule has 0 radical (unpaired) electrons. The third-order valence-electron chi connectivity index (χ3n) is 3.48. The average Bonchev–Trinajstić information content (AvgIpc) is 2.96. The van der Waals surface area contributed by atoms with Gasteiger partial charge in [-0.2, -0.15) is 0 Å². The fourth-order valence-electron chi connectivity index (χ4n) is 2.22. The van der Waals surface area contributed by atoms with Crippen LogP contribution in [0.1, 0.15) is 38.3 Å². The summed E-state index contributed by atoms with van der Waals surface area (Å²) in [6.07, 6.45) is 2.88. The smallest absolute Gasteiger partial charge is 0.213 e. The Morgan fingerprint density at radius 1 is 1.25 bits per heavy atom. The largest absolute Gasteiger partial charge is 0.472 e. The van der Waals surface area contributed by atoms with Gasteiger partial charge in [-0.25, -0.2) is 4.98 Å². The maximum absolute atomic E-state index is 5.76. The highest BCUT2D eigenvalue weighted by molar-refractivity contribution is 5.18. The Labute approximate surface area is 122 Å². The predicted octanol–water partition coefficient (Wildman–Crippen LogP) is 2.69. The molecule has 0 atom stereocenters. The predicted molar refractivity (Wildman–Crippen MR) is 80.3 cm³/mol. The van der Waals surface area contributed by atoms with Crippen molar-refractivity contribution in [2.24, 2.45) is 0 Å². The molecule has 0 unspecified atom stereocenters. The average molecular weight is 278 g/mol. The van der Waals surface area contributed by atoms with E-state index in [1.807, 2.05) is 18.2 Å². The molecule has 0 aliphatic carbocycles. The van der Waals surface area contributed by atoms with Gasteiger partial charge in [0, 0.05) is 38.1 Å². The third kappa shape index (κ3) is 4.76. The number of pyridine rings is 1. The molecule has 0 N–H and O–H groups in total. The molecule has 2 aliphatic heterocycles. The van der Waals surface area contributed by atoms with Crippen molar-refractivity contribution in [1.29, 1.82) is 0 Å². The highest BCUT2D eigenvalue weighted by atomic mass is 16.5. The molecule has 0 spiro atoms. The second kappa shape index (κ2) is 7.60. The summed E-state index contributed by atoms with van der Waals surface area (Å²) in [7, 11) is 2.10. The number of likely N-dealkylation sites (tertiary alicyclic amines) is 1. The van der Waals surface area contributed by atoms with Crippen molar-refractivity contribution < 1.29 is 9.47 Å². The molecule has 4 nitrogen and oxygen atoms in total. The highest BCUT2D eigenvalue weighted by Crippen LogP contribution is 2.18. The monoisotopic (exact) mass is 278 g/mol. The summed E-state index contributed by atoms with van der Waals surface area (Å²) < 4.78 is 10.7. The van der Waals surface area contributed by atoms with Crippen LogP contribution >= 0.6 is 0 Å². The summed E-state index contributed by atoms with van der Waals surface area (Å²) in [5.74, 6) is 1.22. The van der Waals surface area contributed by atoms with Gasteiger partial charge in [0.15, 0.2) is 0 Å². The van der Waals surface area contributed by atoms with E-state index in [1.165, 1.54) is 12.8 Å². The quantitative estimate of drug-likeness (QED) is 0.851. The lowest BCUT2D eigenvalue weighted by atomic mass is 10.1. The minimum Gasteiger partial charge on any atom is -0.472 e. The SMILES string of the molecule is C1CCOC1.CC(C)c1cccc(OC2CN(C)C2)n1.